The topological polar surface area (TPSA) is 74.5 Å². The van der Waals surface area contributed by atoms with E-state index in [-0.39, 0.29) is 0 Å². The van der Waals surface area contributed by atoms with E-state index in [4.69, 9.17) is 5.26 Å². The number of nitriles is 1. The molecule has 86 valence electrons. The summed E-state index contributed by atoms with van der Waals surface area (Å²) in [6, 6.07) is 5.55. The molecule has 0 spiro atoms. The van der Waals surface area contributed by atoms with Crippen LogP contribution in [0.2, 0.25) is 0 Å². The second-order valence-electron chi connectivity index (χ2n) is 3.33. The molecule has 2 rings (SSSR count). The number of nitrogens with one attached hydrogen (secondary N) is 1. The highest BCUT2D eigenvalue weighted by molar-refractivity contribution is 7.14. The van der Waals surface area contributed by atoms with Crippen LogP contribution in [0, 0.1) is 11.3 Å². The molecular weight excluding hydrogens is 234 g/mol. The molecular formula is C11H11N5S. The van der Waals surface area contributed by atoms with Gasteiger partial charge in [0.1, 0.15) is 16.8 Å². The second-order valence-corrected chi connectivity index (χ2v) is 4.39. The van der Waals surface area contributed by atoms with Gasteiger partial charge in [0.15, 0.2) is 5.01 Å². The Morgan fingerprint density at radius 2 is 2.29 bits per heavy atom. The average Bonchev–Trinajstić information content (AvgIpc) is 2.85. The van der Waals surface area contributed by atoms with Crippen molar-refractivity contribution < 1.29 is 0 Å². The molecule has 0 aliphatic rings. The Balaban J connectivity index is 2.16. The van der Waals surface area contributed by atoms with Crippen LogP contribution >= 0.6 is 11.3 Å². The highest BCUT2D eigenvalue weighted by Gasteiger charge is 2.07. The molecule has 6 heteroatoms. The summed E-state index contributed by atoms with van der Waals surface area (Å²) in [7, 11) is 0. The molecule has 0 amide bonds. The predicted octanol–water partition coefficient (Wildman–Crippen LogP) is 1.58. The molecule has 0 radical (unpaired) electrons. The third-order valence-corrected chi connectivity index (χ3v) is 3.05. The van der Waals surface area contributed by atoms with Crippen molar-refractivity contribution in [1.82, 2.24) is 20.5 Å². The summed E-state index contributed by atoms with van der Waals surface area (Å²) in [5.41, 5.74) is 1.30. The smallest absolute Gasteiger partial charge is 0.166 e. The highest BCUT2D eigenvalue weighted by atomic mass is 32.1. The summed E-state index contributed by atoms with van der Waals surface area (Å²) in [6.45, 7) is 3.68. The zero-order valence-electron chi connectivity index (χ0n) is 9.34. The summed E-state index contributed by atoms with van der Waals surface area (Å²) in [5, 5.41) is 21.7. The molecule has 1 N–H and O–H groups in total. The second kappa shape index (κ2) is 5.48. The minimum Gasteiger partial charge on any atom is -0.311 e. The predicted molar refractivity (Wildman–Crippen MR) is 65.2 cm³/mol. The van der Waals surface area contributed by atoms with Crippen LogP contribution in [0.3, 0.4) is 0 Å². The lowest BCUT2D eigenvalue weighted by atomic mass is 10.3. The van der Waals surface area contributed by atoms with E-state index in [1.165, 1.54) is 11.3 Å². The Hall–Kier alpha value is -1.84. The van der Waals surface area contributed by atoms with Gasteiger partial charge >= 0.3 is 0 Å². The molecule has 0 unspecified atom stereocenters. The summed E-state index contributed by atoms with van der Waals surface area (Å²) in [6.07, 6.45) is 1.54. The molecule has 2 aromatic rings. The van der Waals surface area contributed by atoms with Crippen molar-refractivity contribution in [3.05, 3.63) is 28.9 Å². The SMILES string of the molecule is CCNCc1nnc(-c2ccc(C#N)cn2)s1. The lowest BCUT2D eigenvalue weighted by Gasteiger charge is -1.94. The standard InChI is InChI=1S/C11H11N5S/c1-2-13-7-10-15-16-11(17-10)9-4-3-8(5-12)6-14-9/h3-4,6,13H,2,7H2,1H3. The Kier molecular flexibility index (Phi) is 3.75. The van der Waals surface area contributed by atoms with Gasteiger partial charge in [-0.05, 0) is 18.7 Å². The molecule has 0 bridgehead atoms. The third-order valence-electron chi connectivity index (χ3n) is 2.10. The molecule has 0 fully saturated rings. The lowest BCUT2D eigenvalue weighted by molar-refractivity contribution is 0.715. The lowest BCUT2D eigenvalue weighted by Crippen LogP contribution is -2.11. The van der Waals surface area contributed by atoms with Gasteiger partial charge in [0.2, 0.25) is 0 Å². The zero-order valence-corrected chi connectivity index (χ0v) is 10.2. The van der Waals surface area contributed by atoms with E-state index in [0.29, 0.717) is 5.56 Å². The van der Waals surface area contributed by atoms with E-state index >= 15 is 0 Å². The fourth-order valence-corrected chi connectivity index (χ4v) is 2.03. The van der Waals surface area contributed by atoms with Gasteiger partial charge in [0.05, 0.1) is 5.56 Å². The van der Waals surface area contributed by atoms with Crippen LogP contribution in [0.5, 0.6) is 0 Å². The van der Waals surface area contributed by atoms with Crippen LogP contribution in [0.15, 0.2) is 18.3 Å². The summed E-state index contributed by atoms with van der Waals surface area (Å²) >= 11 is 1.51. The molecule has 0 saturated carbocycles. The van der Waals surface area contributed by atoms with Gasteiger partial charge in [-0.1, -0.05) is 18.3 Å². The van der Waals surface area contributed by atoms with Crippen molar-refractivity contribution in [2.75, 3.05) is 6.54 Å². The van der Waals surface area contributed by atoms with Crippen LogP contribution in [0.25, 0.3) is 10.7 Å². The van der Waals surface area contributed by atoms with E-state index in [9.17, 15) is 0 Å². The number of pyridine rings is 1. The maximum atomic E-state index is 8.68. The molecule has 2 aromatic heterocycles. The summed E-state index contributed by atoms with van der Waals surface area (Å²) in [4.78, 5) is 4.18. The van der Waals surface area contributed by atoms with E-state index < -0.39 is 0 Å². The van der Waals surface area contributed by atoms with E-state index in [1.807, 2.05) is 13.0 Å². The zero-order chi connectivity index (χ0) is 12.1. The van der Waals surface area contributed by atoms with Crippen molar-refractivity contribution in [1.29, 1.82) is 5.26 Å². The van der Waals surface area contributed by atoms with E-state index in [2.05, 4.69) is 20.5 Å². The molecule has 0 aliphatic heterocycles. The van der Waals surface area contributed by atoms with Crippen LogP contribution < -0.4 is 5.32 Å². The van der Waals surface area contributed by atoms with Crippen molar-refractivity contribution >= 4 is 11.3 Å². The van der Waals surface area contributed by atoms with Crippen molar-refractivity contribution in [2.24, 2.45) is 0 Å². The number of hydrogen-bond donors (Lipinski definition) is 1. The average molecular weight is 245 g/mol. The molecule has 0 saturated heterocycles. The summed E-state index contributed by atoms with van der Waals surface area (Å²) in [5.74, 6) is 0. The molecule has 0 aromatic carbocycles. The van der Waals surface area contributed by atoms with Gasteiger partial charge in [-0.2, -0.15) is 5.26 Å². The van der Waals surface area contributed by atoms with Crippen LogP contribution in [0.1, 0.15) is 17.5 Å². The summed E-state index contributed by atoms with van der Waals surface area (Å²) < 4.78 is 0. The van der Waals surface area contributed by atoms with Crippen LogP contribution in [0.4, 0.5) is 0 Å². The Labute approximate surface area is 103 Å². The minimum absolute atomic E-state index is 0.547. The van der Waals surface area contributed by atoms with E-state index in [0.717, 1.165) is 28.8 Å². The van der Waals surface area contributed by atoms with Crippen molar-refractivity contribution in [3.63, 3.8) is 0 Å². The quantitative estimate of drug-likeness (QED) is 0.885. The van der Waals surface area contributed by atoms with Crippen LogP contribution in [-0.4, -0.2) is 21.7 Å². The Bertz CT molecular complexity index is 526. The first kappa shape index (κ1) is 11.6. The maximum Gasteiger partial charge on any atom is 0.166 e. The molecule has 17 heavy (non-hydrogen) atoms. The maximum absolute atomic E-state index is 8.68. The highest BCUT2D eigenvalue weighted by Crippen LogP contribution is 2.21. The van der Waals surface area contributed by atoms with Gasteiger partial charge in [0.25, 0.3) is 0 Å². The van der Waals surface area contributed by atoms with E-state index in [1.54, 1.807) is 18.3 Å². The number of aromatic nitrogens is 3. The van der Waals surface area contributed by atoms with Crippen LogP contribution in [-0.2, 0) is 6.54 Å². The molecule has 0 aliphatic carbocycles. The monoisotopic (exact) mass is 245 g/mol. The van der Waals surface area contributed by atoms with Gasteiger partial charge in [0, 0.05) is 12.7 Å². The number of rotatable bonds is 4. The number of nitrogens with zero attached hydrogens (tertiary/aromatic N) is 4. The minimum atomic E-state index is 0.547. The first-order valence-electron chi connectivity index (χ1n) is 5.23. The van der Waals surface area contributed by atoms with Gasteiger partial charge in [-0.3, -0.25) is 4.98 Å². The molecule has 5 nitrogen and oxygen atoms in total. The number of hydrogen-bond acceptors (Lipinski definition) is 6. The van der Waals surface area contributed by atoms with Crippen molar-refractivity contribution in [2.45, 2.75) is 13.5 Å². The Morgan fingerprint density at radius 1 is 1.41 bits per heavy atom. The largest absolute Gasteiger partial charge is 0.311 e. The fraction of sp³-hybridized carbons (Fsp3) is 0.273. The van der Waals surface area contributed by atoms with Gasteiger partial charge < -0.3 is 5.32 Å². The first-order valence-corrected chi connectivity index (χ1v) is 6.04. The molecule has 0 atom stereocenters. The third kappa shape index (κ3) is 2.84. The van der Waals surface area contributed by atoms with Gasteiger partial charge in [-0.25, -0.2) is 0 Å². The van der Waals surface area contributed by atoms with Crippen molar-refractivity contribution in [3.8, 4) is 16.8 Å². The fourth-order valence-electron chi connectivity index (χ4n) is 1.25. The van der Waals surface area contributed by atoms with Gasteiger partial charge in [-0.15, -0.1) is 10.2 Å². The Morgan fingerprint density at radius 3 is 2.94 bits per heavy atom. The normalized spacial score (nSPS) is 10.1. The molecule has 2 heterocycles. The first-order chi connectivity index (χ1) is 8.33.